The Bertz CT molecular complexity index is 518. The molecule has 1 saturated carbocycles. The molecule has 1 aliphatic carbocycles. The van der Waals surface area contributed by atoms with Gasteiger partial charge in [0.15, 0.2) is 0 Å². The highest BCUT2D eigenvalue weighted by molar-refractivity contribution is 5.32. The fourth-order valence-electron chi connectivity index (χ4n) is 3.09. The Balaban J connectivity index is 1.76. The molecular weight excluding hydrogens is 230 g/mol. The van der Waals surface area contributed by atoms with Gasteiger partial charge in [0.25, 0.3) is 0 Å². The summed E-state index contributed by atoms with van der Waals surface area (Å²) in [6, 6.07) is 16.1. The maximum atomic E-state index is 4.33. The maximum absolute atomic E-state index is 4.33. The monoisotopic (exact) mass is 250 g/mol. The summed E-state index contributed by atoms with van der Waals surface area (Å²) in [7, 11) is 0. The second-order valence-electron chi connectivity index (χ2n) is 5.61. The molecule has 1 radical (unpaired) electrons. The fourth-order valence-corrected chi connectivity index (χ4v) is 3.09. The third-order valence-electron chi connectivity index (χ3n) is 4.62. The third kappa shape index (κ3) is 2.42. The Kier molecular flexibility index (Phi) is 3.37. The Labute approximate surface area is 115 Å². The molecule has 1 heteroatoms. The first-order valence-electron chi connectivity index (χ1n) is 7.23. The van der Waals surface area contributed by atoms with Crippen LogP contribution in [0.25, 0.3) is 0 Å². The van der Waals surface area contributed by atoms with E-state index in [0.29, 0.717) is 5.41 Å². The van der Waals surface area contributed by atoms with Crippen LogP contribution in [0.5, 0.6) is 0 Å². The first-order valence-corrected chi connectivity index (χ1v) is 7.23. The number of nitrogens with zero attached hydrogens (tertiary/aromatic N) is 1. The zero-order chi connectivity index (χ0) is 13.1. The predicted molar refractivity (Wildman–Crippen MR) is 78.1 cm³/mol. The minimum Gasteiger partial charge on any atom is -0.260 e. The highest BCUT2D eigenvalue weighted by Gasteiger charge is 2.36. The molecule has 3 rings (SSSR count). The third-order valence-corrected chi connectivity index (χ3v) is 4.62. The molecule has 0 atom stereocenters. The van der Waals surface area contributed by atoms with Crippen LogP contribution in [0.1, 0.15) is 49.4 Å². The average Bonchev–Trinajstić information content (AvgIpc) is 2.41. The normalized spacial score (nSPS) is 16.9. The zero-order valence-corrected chi connectivity index (χ0v) is 11.5. The van der Waals surface area contributed by atoms with Gasteiger partial charge in [0.05, 0.1) is 0 Å². The SMILES string of the molecule is CCC1(c2ccc(Cc3cc[c]cn3)cc2)CCC1. The standard InChI is InChI=1S/C18H20N/c1-2-18(11-5-12-18)16-9-7-15(8-10-16)14-17-6-3-4-13-19-17/h3,6-10,13H,2,5,11-12,14H2,1H3. The van der Waals surface area contributed by atoms with Crippen LogP contribution in [0.15, 0.2) is 42.6 Å². The van der Waals surface area contributed by atoms with Gasteiger partial charge in [-0.1, -0.05) is 43.7 Å². The molecule has 0 unspecified atom stereocenters. The number of rotatable bonds is 4. The van der Waals surface area contributed by atoms with Gasteiger partial charge in [-0.25, -0.2) is 0 Å². The summed E-state index contributed by atoms with van der Waals surface area (Å²) in [5, 5.41) is 0. The smallest absolute Gasteiger partial charge is 0.0447 e. The number of aromatic nitrogens is 1. The van der Waals surface area contributed by atoms with Crippen molar-refractivity contribution in [2.45, 2.75) is 44.4 Å². The van der Waals surface area contributed by atoms with Gasteiger partial charge >= 0.3 is 0 Å². The predicted octanol–water partition coefficient (Wildman–Crippen LogP) is 4.30. The van der Waals surface area contributed by atoms with Gasteiger partial charge in [0.1, 0.15) is 0 Å². The van der Waals surface area contributed by atoms with E-state index in [9.17, 15) is 0 Å². The molecule has 0 saturated heterocycles. The Morgan fingerprint density at radius 2 is 1.95 bits per heavy atom. The number of benzene rings is 1. The van der Waals surface area contributed by atoms with Crippen LogP contribution in [-0.2, 0) is 11.8 Å². The van der Waals surface area contributed by atoms with Gasteiger partial charge in [0.2, 0.25) is 0 Å². The van der Waals surface area contributed by atoms with E-state index in [1.807, 2.05) is 12.1 Å². The Morgan fingerprint density at radius 1 is 1.16 bits per heavy atom. The van der Waals surface area contributed by atoms with Crippen molar-refractivity contribution in [2.24, 2.45) is 0 Å². The van der Waals surface area contributed by atoms with Crippen molar-refractivity contribution in [2.75, 3.05) is 0 Å². The van der Waals surface area contributed by atoms with E-state index in [-0.39, 0.29) is 0 Å². The lowest BCUT2D eigenvalue weighted by atomic mass is 9.63. The van der Waals surface area contributed by atoms with Crippen molar-refractivity contribution in [1.82, 2.24) is 4.98 Å². The molecule has 0 spiro atoms. The minimum atomic E-state index is 0.485. The highest BCUT2D eigenvalue weighted by atomic mass is 14.7. The van der Waals surface area contributed by atoms with Crippen molar-refractivity contribution in [3.05, 3.63) is 65.5 Å². The first kappa shape index (κ1) is 12.4. The molecule has 1 nitrogen and oxygen atoms in total. The molecule has 97 valence electrons. The summed E-state index contributed by atoms with van der Waals surface area (Å²) in [6.07, 6.45) is 8.03. The van der Waals surface area contributed by atoms with Crippen LogP contribution in [0.3, 0.4) is 0 Å². The molecule has 0 bridgehead atoms. The number of hydrogen-bond donors (Lipinski definition) is 0. The maximum Gasteiger partial charge on any atom is 0.0447 e. The van der Waals surface area contributed by atoms with Gasteiger partial charge in [-0.2, -0.15) is 0 Å². The van der Waals surface area contributed by atoms with E-state index in [2.05, 4.69) is 42.2 Å². The average molecular weight is 250 g/mol. The van der Waals surface area contributed by atoms with Crippen molar-refractivity contribution in [1.29, 1.82) is 0 Å². The van der Waals surface area contributed by atoms with Gasteiger partial charge in [0, 0.05) is 24.4 Å². The lowest BCUT2D eigenvalue weighted by Crippen LogP contribution is -2.33. The lowest BCUT2D eigenvalue weighted by molar-refractivity contribution is 0.235. The summed E-state index contributed by atoms with van der Waals surface area (Å²) in [5.74, 6) is 0. The fraction of sp³-hybridized carbons (Fsp3) is 0.389. The van der Waals surface area contributed by atoms with Crippen molar-refractivity contribution in [3.8, 4) is 0 Å². The van der Waals surface area contributed by atoms with Gasteiger partial charge < -0.3 is 0 Å². The second-order valence-corrected chi connectivity index (χ2v) is 5.61. The van der Waals surface area contributed by atoms with Crippen LogP contribution in [0, 0.1) is 6.07 Å². The van der Waals surface area contributed by atoms with Crippen LogP contribution in [-0.4, -0.2) is 4.98 Å². The summed E-state index contributed by atoms with van der Waals surface area (Å²) in [6.45, 7) is 2.32. The highest BCUT2D eigenvalue weighted by Crippen LogP contribution is 2.46. The van der Waals surface area contributed by atoms with E-state index in [1.54, 1.807) is 6.20 Å². The molecule has 19 heavy (non-hydrogen) atoms. The first-order chi connectivity index (χ1) is 9.32. The van der Waals surface area contributed by atoms with Crippen LogP contribution < -0.4 is 0 Å². The zero-order valence-electron chi connectivity index (χ0n) is 11.5. The largest absolute Gasteiger partial charge is 0.260 e. The molecular formula is C18H20N. The molecule has 0 N–H and O–H groups in total. The van der Waals surface area contributed by atoms with Crippen LogP contribution >= 0.6 is 0 Å². The molecule has 0 amide bonds. The summed E-state index contributed by atoms with van der Waals surface area (Å²) < 4.78 is 0. The van der Waals surface area contributed by atoms with Gasteiger partial charge in [-0.15, -0.1) is 0 Å². The van der Waals surface area contributed by atoms with E-state index >= 15 is 0 Å². The molecule has 1 fully saturated rings. The number of pyridine rings is 1. The van der Waals surface area contributed by atoms with E-state index in [4.69, 9.17) is 0 Å². The topological polar surface area (TPSA) is 12.9 Å². The molecule has 0 aliphatic heterocycles. The Morgan fingerprint density at radius 3 is 2.47 bits per heavy atom. The van der Waals surface area contributed by atoms with Gasteiger partial charge in [-0.05, 0) is 41.9 Å². The lowest BCUT2D eigenvalue weighted by Gasteiger charge is -2.42. The van der Waals surface area contributed by atoms with E-state index < -0.39 is 0 Å². The summed E-state index contributed by atoms with van der Waals surface area (Å²) in [5.41, 5.74) is 4.46. The van der Waals surface area contributed by atoms with Crippen LogP contribution in [0.4, 0.5) is 0 Å². The molecule has 1 aromatic carbocycles. The molecule has 1 aliphatic rings. The minimum absolute atomic E-state index is 0.485. The molecule has 1 heterocycles. The van der Waals surface area contributed by atoms with Crippen molar-refractivity contribution in [3.63, 3.8) is 0 Å². The summed E-state index contributed by atoms with van der Waals surface area (Å²) >= 11 is 0. The second kappa shape index (κ2) is 5.16. The number of hydrogen-bond acceptors (Lipinski definition) is 1. The quantitative estimate of drug-likeness (QED) is 0.788. The molecule has 2 aromatic rings. The van der Waals surface area contributed by atoms with E-state index in [1.165, 1.54) is 36.8 Å². The van der Waals surface area contributed by atoms with Gasteiger partial charge in [-0.3, -0.25) is 4.98 Å². The Hall–Kier alpha value is -1.63. The summed E-state index contributed by atoms with van der Waals surface area (Å²) in [4.78, 5) is 4.33. The van der Waals surface area contributed by atoms with Crippen molar-refractivity contribution < 1.29 is 0 Å². The molecule has 1 aromatic heterocycles. The van der Waals surface area contributed by atoms with E-state index in [0.717, 1.165) is 12.1 Å². The van der Waals surface area contributed by atoms with Crippen molar-refractivity contribution >= 4 is 0 Å². The van der Waals surface area contributed by atoms with Crippen LogP contribution in [0.2, 0.25) is 0 Å².